The highest BCUT2D eigenvalue weighted by atomic mass is 19.1. The molecule has 21 heavy (non-hydrogen) atoms. The van der Waals surface area contributed by atoms with Gasteiger partial charge in [-0.3, -0.25) is 20.7 Å². The molecular formula is C13H14FN5O2. The van der Waals surface area contributed by atoms with Crippen molar-refractivity contribution in [3.05, 3.63) is 35.5 Å². The van der Waals surface area contributed by atoms with Crippen LogP contribution < -0.4 is 15.6 Å². The van der Waals surface area contributed by atoms with Gasteiger partial charge in [0.15, 0.2) is 5.82 Å². The number of hydrazine groups is 1. The third-order valence-corrected chi connectivity index (χ3v) is 3.16. The molecule has 3 rings (SSSR count). The highest BCUT2D eigenvalue weighted by Gasteiger charge is 2.26. The number of rotatable bonds is 5. The number of pyridine rings is 1. The highest BCUT2D eigenvalue weighted by molar-refractivity contribution is 5.93. The monoisotopic (exact) mass is 291 g/mol. The Kier molecular flexibility index (Phi) is 3.43. The summed E-state index contributed by atoms with van der Waals surface area (Å²) in [5.74, 6) is -0.634. The first kappa shape index (κ1) is 13.3. The van der Waals surface area contributed by atoms with Crippen LogP contribution in [-0.2, 0) is 0 Å². The Bertz CT molecular complexity index is 668. The lowest BCUT2D eigenvalue weighted by Crippen LogP contribution is -2.29. The van der Waals surface area contributed by atoms with E-state index in [1.165, 1.54) is 19.4 Å². The number of halogens is 1. The van der Waals surface area contributed by atoms with Gasteiger partial charge in [-0.15, -0.1) is 0 Å². The van der Waals surface area contributed by atoms with Crippen molar-refractivity contribution < 1.29 is 13.9 Å². The van der Waals surface area contributed by atoms with Gasteiger partial charge in [0, 0.05) is 12.0 Å². The number of nitrogens with zero attached hydrogens (tertiary/aromatic N) is 2. The maximum Gasteiger partial charge on any atom is 0.287 e. The first-order valence-electron chi connectivity index (χ1n) is 6.48. The van der Waals surface area contributed by atoms with Crippen LogP contribution in [-0.4, -0.2) is 28.2 Å². The summed E-state index contributed by atoms with van der Waals surface area (Å²) < 4.78 is 18.2. The van der Waals surface area contributed by atoms with E-state index in [0.717, 1.165) is 18.5 Å². The van der Waals surface area contributed by atoms with Gasteiger partial charge in [-0.25, -0.2) is 9.37 Å². The second-order valence-electron chi connectivity index (χ2n) is 4.77. The molecule has 2 heterocycles. The fourth-order valence-corrected chi connectivity index (χ4v) is 1.88. The van der Waals surface area contributed by atoms with Gasteiger partial charge in [0.1, 0.15) is 5.69 Å². The number of aromatic nitrogens is 3. The molecule has 0 radical (unpaired) electrons. The zero-order valence-corrected chi connectivity index (χ0v) is 11.3. The summed E-state index contributed by atoms with van der Waals surface area (Å²) in [7, 11) is 1.33. The molecule has 0 unspecified atom stereocenters. The van der Waals surface area contributed by atoms with Gasteiger partial charge in [-0.2, -0.15) is 5.10 Å². The van der Waals surface area contributed by atoms with E-state index < -0.39 is 5.82 Å². The summed E-state index contributed by atoms with van der Waals surface area (Å²) in [6.45, 7) is 0. The van der Waals surface area contributed by atoms with Crippen LogP contribution in [0.5, 0.6) is 5.88 Å². The maximum absolute atomic E-state index is 13.4. The Hall–Kier alpha value is -2.64. The predicted octanol–water partition coefficient (Wildman–Crippen LogP) is 1.59. The number of carbonyl (C=O) groups is 1. The normalized spacial score (nSPS) is 13.8. The van der Waals surface area contributed by atoms with E-state index in [1.54, 1.807) is 6.07 Å². The number of hydrogen-bond acceptors (Lipinski definition) is 5. The van der Waals surface area contributed by atoms with Gasteiger partial charge in [0.05, 0.1) is 24.7 Å². The lowest BCUT2D eigenvalue weighted by atomic mass is 10.2. The first-order chi connectivity index (χ1) is 10.2. The van der Waals surface area contributed by atoms with Crippen LogP contribution in [0.15, 0.2) is 18.3 Å². The van der Waals surface area contributed by atoms with Crippen LogP contribution in [0.25, 0.3) is 0 Å². The largest absolute Gasteiger partial charge is 0.479 e. The minimum Gasteiger partial charge on any atom is -0.479 e. The Morgan fingerprint density at radius 2 is 2.29 bits per heavy atom. The van der Waals surface area contributed by atoms with Gasteiger partial charge >= 0.3 is 0 Å². The van der Waals surface area contributed by atoms with Crippen molar-refractivity contribution in [2.24, 2.45) is 0 Å². The third kappa shape index (κ3) is 2.93. The minimum atomic E-state index is -0.616. The van der Waals surface area contributed by atoms with Gasteiger partial charge in [-0.1, -0.05) is 0 Å². The highest BCUT2D eigenvalue weighted by Crippen LogP contribution is 2.38. The molecule has 0 aromatic carbocycles. The molecule has 1 aliphatic rings. The molecule has 110 valence electrons. The number of amides is 1. The molecule has 2 aromatic rings. The molecule has 1 fully saturated rings. The van der Waals surface area contributed by atoms with E-state index in [1.807, 2.05) is 0 Å². The molecule has 2 aromatic heterocycles. The van der Waals surface area contributed by atoms with Crippen molar-refractivity contribution in [1.29, 1.82) is 0 Å². The van der Waals surface area contributed by atoms with Crippen molar-refractivity contribution in [1.82, 2.24) is 20.6 Å². The number of methoxy groups -OCH3 is 1. The van der Waals surface area contributed by atoms with E-state index in [9.17, 15) is 9.18 Å². The van der Waals surface area contributed by atoms with Crippen LogP contribution in [0.1, 0.15) is 34.9 Å². The van der Waals surface area contributed by atoms with Gasteiger partial charge in [0.2, 0.25) is 5.88 Å². The average Bonchev–Trinajstić information content (AvgIpc) is 3.22. The van der Waals surface area contributed by atoms with E-state index >= 15 is 0 Å². The summed E-state index contributed by atoms with van der Waals surface area (Å²) in [4.78, 5) is 15.7. The summed E-state index contributed by atoms with van der Waals surface area (Å²) >= 11 is 0. The molecular weight excluding hydrogens is 277 g/mol. The number of nitrogens with one attached hydrogen (secondary N) is 3. The number of hydrogen-bond donors (Lipinski definition) is 3. The topological polar surface area (TPSA) is 91.9 Å². The zero-order chi connectivity index (χ0) is 14.8. The Morgan fingerprint density at radius 1 is 1.48 bits per heavy atom. The molecule has 1 amide bonds. The van der Waals surface area contributed by atoms with E-state index in [2.05, 4.69) is 26.0 Å². The van der Waals surface area contributed by atoms with Crippen molar-refractivity contribution in [3.63, 3.8) is 0 Å². The molecule has 0 spiro atoms. The molecule has 3 N–H and O–H groups in total. The molecule has 1 aliphatic carbocycles. The van der Waals surface area contributed by atoms with E-state index in [0.29, 0.717) is 17.3 Å². The second-order valence-corrected chi connectivity index (χ2v) is 4.77. The molecule has 0 saturated heterocycles. The van der Waals surface area contributed by atoms with Gasteiger partial charge in [0.25, 0.3) is 5.91 Å². The predicted molar refractivity (Wildman–Crippen MR) is 72.4 cm³/mol. The maximum atomic E-state index is 13.4. The number of anilines is 1. The Labute approximate surface area is 119 Å². The molecule has 0 atom stereocenters. The first-order valence-corrected chi connectivity index (χ1v) is 6.48. The smallest absolute Gasteiger partial charge is 0.287 e. The summed E-state index contributed by atoms with van der Waals surface area (Å²) in [5.41, 5.74) is 6.59. The number of ether oxygens (including phenoxy) is 1. The second kappa shape index (κ2) is 5.39. The van der Waals surface area contributed by atoms with Gasteiger partial charge in [-0.05, 0) is 18.9 Å². The van der Waals surface area contributed by atoms with Crippen molar-refractivity contribution in [2.45, 2.75) is 18.8 Å². The SMILES string of the molecule is COc1ncc(NNC(=O)c2cc(C3CC3)n[nH]2)cc1F. The van der Waals surface area contributed by atoms with Gasteiger partial charge < -0.3 is 4.74 Å². The number of carbonyl (C=O) groups excluding carboxylic acids is 1. The Balaban J connectivity index is 1.60. The van der Waals surface area contributed by atoms with Crippen LogP contribution in [0, 0.1) is 5.82 Å². The zero-order valence-electron chi connectivity index (χ0n) is 11.3. The summed E-state index contributed by atoms with van der Waals surface area (Å²) in [6, 6.07) is 2.90. The van der Waals surface area contributed by atoms with Crippen molar-refractivity contribution in [2.75, 3.05) is 12.5 Å². The molecule has 7 nitrogen and oxygen atoms in total. The number of aromatic amines is 1. The van der Waals surface area contributed by atoms with E-state index in [4.69, 9.17) is 4.74 Å². The fraction of sp³-hybridized carbons (Fsp3) is 0.308. The van der Waals surface area contributed by atoms with E-state index in [-0.39, 0.29) is 11.8 Å². The third-order valence-electron chi connectivity index (χ3n) is 3.16. The Morgan fingerprint density at radius 3 is 2.95 bits per heavy atom. The lowest BCUT2D eigenvalue weighted by Gasteiger charge is -2.08. The molecule has 1 saturated carbocycles. The van der Waals surface area contributed by atoms with Crippen molar-refractivity contribution in [3.8, 4) is 5.88 Å². The van der Waals surface area contributed by atoms with Crippen LogP contribution >= 0.6 is 0 Å². The fourth-order valence-electron chi connectivity index (χ4n) is 1.88. The van der Waals surface area contributed by atoms with Crippen LogP contribution in [0.2, 0.25) is 0 Å². The summed E-state index contributed by atoms with van der Waals surface area (Å²) in [6.07, 6.45) is 3.58. The quantitative estimate of drug-likeness (QED) is 0.728. The minimum absolute atomic E-state index is 0.102. The molecule has 0 bridgehead atoms. The van der Waals surface area contributed by atoms with Crippen LogP contribution in [0.4, 0.5) is 10.1 Å². The van der Waals surface area contributed by atoms with Crippen LogP contribution in [0.3, 0.4) is 0 Å². The number of H-pyrrole nitrogens is 1. The molecule has 0 aliphatic heterocycles. The summed E-state index contributed by atoms with van der Waals surface area (Å²) in [5, 5.41) is 6.77. The average molecular weight is 291 g/mol. The molecule has 8 heteroatoms. The lowest BCUT2D eigenvalue weighted by molar-refractivity contribution is 0.0957. The van der Waals surface area contributed by atoms with Crippen molar-refractivity contribution >= 4 is 11.6 Å². The standard InChI is InChI=1S/C13H14FN5O2/c1-21-13-9(14)4-8(6-15-13)16-19-12(20)11-5-10(17-18-11)7-2-3-7/h4-7,16H,2-3H2,1H3,(H,17,18)(H,19,20).